The molecule has 1 atom stereocenters. The number of sulfone groups is 1. The fourth-order valence-electron chi connectivity index (χ4n) is 1.23. The maximum Gasteiger partial charge on any atom is 0.260 e. The van der Waals surface area contributed by atoms with Gasteiger partial charge < -0.3 is 10.4 Å². The van der Waals surface area contributed by atoms with Gasteiger partial charge in [-0.15, -0.1) is 0 Å². The first-order valence-electron chi connectivity index (χ1n) is 4.76. The first-order valence-corrected chi connectivity index (χ1v) is 7.54. The number of amides is 1. The lowest BCUT2D eigenvalue weighted by atomic mass is 10.3. The Morgan fingerprint density at radius 3 is 2.83 bits per heavy atom. The summed E-state index contributed by atoms with van der Waals surface area (Å²) in [5, 5.41) is 11.2. The highest BCUT2D eigenvalue weighted by Crippen LogP contribution is 2.27. The summed E-state index contributed by atoms with van der Waals surface area (Å²) >= 11 is 0.928. The fraction of sp³-hybridized carbons (Fsp3) is 0.222. The molecule has 1 aromatic heterocycles. The van der Waals surface area contributed by atoms with Crippen LogP contribution in [0.4, 0.5) is 0 Å². The van der Waals surface area contributed by atoms with Gasteiger partial charge in [-0.05, 0) is 12.1 Å². The molecular formula is C9H9N3O4S2. The van der Waals surface area contributed by atoms with Crippen molar-refractivity contribution >= 4 is 33.6 Å². The average molecular weight is 287 g/mol. The van der Waals surface area contributed by atoms with Crippen molar-refractivity contribution in [2.45, 2.75) is 10.7 Å². The Kier molecular flexibility index (Phi) is 3.37. The van der Waals surface area contributed by atoms with E-state index in [1.165, 1.54) is 18.3 Å². The Bertz CT molecular complexity index is 626. The van der Waals surface area contributed by atoms with Crippen molar-refractivity contribution < 1.29 is 18.3 Å². The monoisotopic (exact) mass is 287 g/mol. The van der Waals surface area contributed by atoms with Gasteiger partial charge in [0, 0.05) is 12.5 Å². The van der Waals surface area contributed by atoms with Gasteiger partial charge in [0.05, 0.1) is 10.6 Å². The van der Waals surface area contributed by atoms with Crippen LogP contribution in [0.2, 0.25) is 0 Å². The number of hydrogen-bond donors (Lipinski definition) is 2. The van der Waals surface area contributed by atoms with Gasteiger partial charge in [-0.25, -0.2) is 18.4 Å². The third-order valence-corrected chi connectivity index (χ3v) is 3.74. The maximum atomic E-state index is 11.3. The minimum Gasteiger partial charge on any atom is -0.364 e. The number of thioether (sulfide) groups is 1. The van der Waals surface area contributed by atoms with E-state index in [9.17, 15) is 18.3 Å². The van der Waals surface area contributed by atoms with Gasteiger partial charge in [0.15, 0.2) is 5.56 Å². The number of rotatable bonds is 2. The molecule has 1 fully saturated rings. The summed E-state index contributed by atoms with van der Waals surface area (Å²) in [4.78, 5) is 19.1. The highest BCUT2D eigenvalue weighted by Gasteiger charge is 2.25. The summed E-state index contributed by atoms with van der Waals surface area (Å²) < 4.78 is 22.5. The number of hydrogen-bond acceptors (Lipinski definition) is 7. The van der Waals surface area contributed by atoms with Gasteiger partial charge >= 0.3 is 0 Å². The van der Waals surface area contributed by atoms with E-state index < -0.39 is 21.3 Å². The zero-order chi connectivity index (χ0) is 13.3. The number of nitrogens with zero attached hydrogens (tertiary/aromatic N) is 2. The van der Waals surface area contributed by atoms with E-state index in [4.69, 9.17) is 0 Å². The highest BCUT2D eigenvalue weighted by molar-refractivity contribution is 8.05. The number of aromatic nitrogens is 2. The molecule has 1 aromatic rings. The lowest BCUT2D eigenvalue weighted by Gasteiger charge is -1.98. The van der Waals surface area contributed by atoms with E-state index in [2.05, 4.69) is 15.3 Å². The summed E-state index contributed by atoms with van der Waals surface area (Å²) in [6, 6.07) is 1.47. The molecular weight excluding hydrogens is 278 g/mol. The SMILES string of the molecule is CS(=O)(=O)c1nccc(C=C2SC(O)NC2=O)n1. The molecule has 0 aliphatic carbocycles. The van der Waals surface area contributed by atoms with Crippen molar-refractivity contribution in [1.29, 1.82) is 0 Å². The van der Waals surface area contributed by atoms with Crippen LogP contribution in [0, 0.1) is 0 Å². The molecule has 18 heavy (non-hydrogen) atoms. The molecule has 9 heteroatoms. The normalized spacial score (nSPS) is 22.2. The largest absolute Gasteiger partial charge is 0.364 e. The number of carbonyl (C=O) groups is 1. The summed E-state index contributed by atoms with van der Waals surface area (Å²) in [7, 11) is -3.49. The van der Waals surface area contributed by atoms with Crippen LogP contribution in [0.1, 0.15) is 5.69 Å². The van der Waals surface area contributed by atoms with Gasteiger partial charge in [-0.1, -0.05) is 11.8 Å². The van der Waals surface area contributed by atoms with E-state index in [0.717, 1.165) is 18.0 Å². The van der Waals surface area contributed by atoms with Crippen LogP contribution in [0.25, 0.3) is 6.08 Å². The summed E-state index contributed by atoms with van der Waals surface area (Å²) in [5.74, 6) is -0.424. The van der Waals surface area contributed by atoms with Crippen LogP contribution in [0.5, 0.6) is 0 Å². The standard InChI is InChI=1S/C9H9N3O4S2/c1-18(15,16)8-10-3-2-5(11-8)4-6-7(13)12-9(14)17-6/h2-4,9,14H,1H3,(H,12,13). The number of aliphatic hydroxyl groups excluding tert-OH is 1. The van der Waals surface area contributed by atoms with E-state index in [-0.39, 0.29) is 15.8 Å². The molecule has 1 unspecified atom stereocenters. The molecule has 1 aliphatic rings. The average Bonchev–Trinajstić information content (AvgIpc) is 2.56. The first-order chi connectivity index (χ1) is 8.36. The zero-order valence-corrected chi connectivity index (χ0v) is 10.8. The summed E-state index contributed by atoms with van der Waals surface area (Å²) in [6.45, 7) is 0. The number of carbonyl (C=O) groups excluding carboxylic acids is 1. The molecule has 7 nitrogen and oxygen atoms in total. The topological polar surface area (TPSA) is 109 Å². The Morgan fingerprint density at radius 2 is 2.28 bits per heavy atom. The Morgan fingerprint density at radius 1 is 1.56 bits per heavy atom. The molecule has 2 N–H and O–H groups in total. The molecule has 0 bridgehead atoms. The Hall–Kier alpha value is -1.45. The fourth-order valence-corrected chi connectivity index (χ4v) is 2.52. The van der Waals surface area contributed by atoms with Gasteiger partial charge in [0.1, 0.15) is 0 Å². The summed E-state index contributed by atoms with van der Waals surface area (Å²) in [6.07, 6.45) is 3.69. The second-order valence-corrected chi connectivity index (χ2v) is 6.52. The van der Waals surface area contributed by atoms with Crippen LogP contribution in [-0.2, 0) is 14.6 Å². The van der Waals surface area contributed by atoms with Crippen molar-refractivity contribution in [1.82, 2.24) is 15.3 Å². The van der Waals surface area contributed by atoms with Crippen LogP contribution >= 0.6 is 11.8 Å². The second kappa shape index (κ2) is 4.67. The highest BCUT2D eigenvalue weighted by atomic mass is 32.2. The molecule has 96 valence electrons. The quantitative estimate of drug-likeness (QED) is 0.550. The van der Waals surface area contributed by atoms with Crippen molar-refractivity contribution in [3.05, 3.63) is 22.9 Å². The Balaban J connectivity index is 2.36. The van der Waals surface area contributed by atoms with E-state index in [1.807, 2.05) is 0 Å². The zero-order valence-electron chi connectivity index (χ0n) is 9.19. The van der Waals surface area contributed by atoms with Crippen LogP contribution < -0.4 is 5.32 Å². The number of nitrogens with one attached hydrogen (secondary N) is 1. The molecule has 1 amide bonds. The van der Waals surface area contributed by atoms with Crippen LogP contribution in [0.15, 0.2) is 22.3 Å². The molecule has 1 aliphatic heterocycles. The van der Waals surface area contributed by atoms with E-state index in [1.54, 1.807) is 0 Å². The second-order valence-electron chi connectivity index (χ2n) is 3.49. The van der Waals surface area contributed by atoms with Crippen LogP contribution in [0.3, 0.4) is 0 Å². The van der Waals surface area contributed by atoms with Gasteiger partial charge in [-0.2, -0.15) is 0 Å². The van der Waals surface area contributed by atoms with Crippen molar-refractivity contribution in [2.75, 3.05) is 6.26 Å². The van der Waals surface area contributed by atoms with Gasteiger partial charge in [-0.3, -0.25) is 4.79 Å². The van der Waals surface area contributed by atoms with Gasteiger partial charge in [0.2, 0.25) is 15.0 Å². The first kappa shape index (κ1) is 13.0. The smallest absolute Gasteiger partial charge is 0.260 e. The lowest BCUT2D eigenvalue weighted by Crippen LogP contribution is -2.23. The van der Waals surface area contributed by atoms with Crippen molar-refractivity contribution in [3.8, 4) is 0 Å². The Labute approximate surface area is 107 Å². The third kappa shape index (κ3) is 2.86. The molecule has 2 heterocycles. The van der Waals surface area contributed by atoms with E-state index in [0.29, 0.717) is 0 Å². The van der Waals surface area contributed by atoms with Crippen LogP contribution in [-0.4, -0.2) is 41.2 Å². The predicted molar refractivity (Wildman–Crippen MR) is 64.9 cm³/mol. The minimum atomic E-state index is -3.49. The summed E-state index contributed by atoms with van der Waals surface area (Å²) in [5.41, 5.74) is -0.697. The molecule has 0 saturated carbocycles. The minimum absolute atomic E-state index is 0.264. The van der Waals surface area contributed by atoms with Crippen molar-refractivity contribution in [2.24, 2.45) is 0 Å². The molecule has 1 saturated heterocycles. The number of aliphatic hydroxyl groups is 1. The predicted octanol–water partition coefficient (Wildman–Crippen LogP) is -0.640. The van der Waals surface area contributed by atoms with Crippen molar-refractivity contribution in [3.63, 3.8) is 0 Å². The third-order valence-electron chi connectivity index (χ3n) is 1.98. The van der Waals surface area contributed by atoms with E-state index >= 15 is 0 Å². The van der Waals surface area contributed by atoms with Gasteiger partial charge in [0.25, 0.3) is 5.91 Å². The maximum absolute atomic E-state index is 11.3. The molecule has 0 aromatic carbocycles. The molecule has 0 radical (unpaired) electrons. The molecule has 2 rings (SSSR count). The molecule has 0 spiro atoms. The lowest BCUT2D eigenvalue weighted by molar-refractivity contribution is -0.117.